The predicted molar refractivity (Wildman–Crippen MR) is 88.4 cm³/mol. The SMILES string of the molecule is COCCCN(C)CCS(=O)(=O)c1cccc(C(N)=S)c1. The number of nitrogens with two attached hydrogens (primary N) is 1. The zero-order valence-electron chi connectivity index (χ0n) is 12.4. The number of nitrogens with zero attached hydrogens (tertiary/aromatic N) is 1. The van der Waals surface area contributed by atoms with E-state index in [1.165, 1.54) is 6.07 Å². The molecular weight excluding hydrogens is 308 g/mol. The highest BCUT2D eigenvalue weighted by atomic mass is 32.2. The van der Waals surface area contributed by atoms with Crippen LogP contribution in [0.3, 0.4) is 0 Å². The lowest BCUT2D eigenvalue weighted by atomic mass is 10.2. The van der Waals surface area contributed by atoms with Crippen LogP contribution in [0.25, 0.3) is 0 Å². The summed E-state index contributed by atoms with van der Waals surface area (Å²) in [5.41, 5.74) is 6.10. The summed E-state index contributed by atoms with van der Waals surface area (Å²) in [6.45, 7) is 1.95. The maximum atomic E-state index is 12.3. The van der Waals surface area contributed by atoms with Gasteiger partial charge in [-0.2, -0.15) is 0 Å². The molecule has 118 valence electrons. The molecule has 21 heavy (non-hydrogen) atoms. The lowest BCUT2D eigenvalue weighted by molar-refractivity contribution is 0.181. The highest BCUT2D eigenvalue weighted by molar-refractivity contribution is 7.91. The van der Waals surface area contributed by atoms with Crippen molar-refractivity contribution in [2.75, 3.05) is 39.6 Å². The number of rotatable bonds is 9. The van der Waals surface area contributed by atoms with E-state index in [0.29, 0.717) is 18.7 Å². The fourth-order valence-corrected chi connectivity index (χ4v) is 3.33. The number of ether oxygens (including phenoxy) is 1. The van der Waals surface area contributed by atoms with Crippen LogP contribution in [0.15, 0.2) is 29.2 Å². The molecule has 1 aromatic rings. The maximum absolute atomic E-state index is 12.3. The second-order valence-corrected chi connectivity index (χ2v) is 7.41. The molecule has 0 atom stereocenters. The molecule has 0 amide bonds. The third-order valence-electron chi connectivity index (χ3n) is 3.11. The van der Waals surface area contributed by atoms with Gasteiger partial charge in [0.15, 0.2) is 9.84 Å². The number of sulfone groups is 1. The molecule has 0 saturated heterocycles. The van der Waals surface area contributed by atoms with Gasteiger partial charge in [0, 0.05) is 32.4 Å². The fourth-order valence-electron chi connectivity index (χ4n) is 1.83. The summed E-state index contributed by atoms with van der Waals surface area (Å²) in [5.74, 6) is 0.0667. The molecule has 0 radical (unpaired) electrons. The van der Waals surface area contributed by atoms with E-state index in [2.05, 4.69) is 0 Å². The highest BCUT2D eigenvalue weighted by Crippen LogP contribution is 2.13. The largest absolute Gasteiger partial charge is 0.389 e. The summed E-state index contributed by atoms with van der Waals surface area (Å²) in [6.07, 6.45) is 0.879. The van der Waals surface area contributed by atoms with Gasteiger partial charge in [0.25, 0.3) is 0 Å². The van der Waals surface area contributed by atoms with E-state index in [-0.39, 0.29) is 15.6 Å². The molecule has 0 unspecified atom stereocenters. The fraction of sp³-hybridized carbons (Fsp3) is 0.500. The van der Waals surface area contributed by atoms with Crippen molar-refractivity contribution in [3.05, 3.63) is 29.8 Å². The minimum atomic E-state index is -3.33. The third kappa shape index (κ3) is 6.09. The van der Waals surface area contributed by atoms with E-state index in [9.17, 15) is 8.42 Å². The van der Waals surface area contributed by atoms with Crippen molar-refractivity contribution in [2.45, 2.75) is 11.3 Å². The van der Waals surface area contributed by atoms with Crippen LogP contribution in [-0.4, -0.2) is 57.9 Å². The molecule has 0 aliphatic carbocycles. The van der Waals surface area contributed by atoms with Gasteiger partial charge in [0.2, 0.25) is 0 Å². The molecule has 1 rings (SSSR count). The van der Waals surface area contributed by atoms with Crippen molar-refractivity contribution in [3.63, 3.8) is 0 Å². The van der Waals surface area contributed by atoms with Gasteiger partial charge in [-0.05, 0) is 25.6 Å². The van der Waals surface area contributed by atoms with E-state index < -0.39 is 9.84 Å². The van der Waals surface area contributed by atoms with Crippen LogP contribution >= 0.6 is 12.2 Å². The zero-order valence-corrected chi connectivity index (χ0v) is 14.0. The first-order valence-electron chi connectivity index (χ1n) is 6.67. The van der Waals surface area contributed by atoms with Crippen LogP contribution in [0, 0.1) is 0 Å². The van der Waals surface area contributed by atoms with Crippen molar-refractivity contribution in [2.24, 2.45) is 5.73 Å². The lowest BCUT2D eigenvalue weighted by Gasteiger charge is -2.16. The molecule has 0 heterocycles. The van der Waals surface area contributed by atoms with Crippen molar-refractivity contribution in [1.82, 2.24) is 4.90 Å². The average molecular weight is 330 g/mol. The van der Waals surface area contributed by atoms with Gasteiger partial charge in [-0.3, -0.25) is 0 Å². The van der Waals surface area contributed by atoms with Gasteiger partial charge in [0.1, 0.15) is 4.99 Å². The van der Waals surface area contributed by atoms with Crippen molar-refractivity contribution < 1.29 is 13.2 Å². The van der Waals surface area contributed by atoms with E-state index in [1.54, 1.807) is 25.3 Å². The Morgan fingerprint density at radius 2 is 2.10 bits per heavy atom. The molecule has 2 N–H and O–H groups in total. The number of thiocarbonyl (C=S) groups is 1. The summed E-state index contributed by atoms with van der Waals surface area (Å²) >= 11 is 4.87. The van der Waals surface area contributed by atoms with Crippen molar-refractivity contribution >= 4 is 27.0 Å². The van der Waals surface area contributed by atoms with Crippen LogP contribution in [0.4, 0.5) is 0 Å². The van der Waals surface area contributed by atoms with Crippen molar-refractivity contribution in [3.8, 4) is 0 Å². The first-order valence-corrected chi connectivity index (χ1v) is 8.73. The molecule has 5 nitrogen and oxygen atoms in total. The number of benzene rings is 1. The smallest absolute Gasteiger partial charge is 0.179 e. The first-order chi connectivity index (χ1) is 9.86. The summed E-state index contributed by atoms with van der Waals surface area (Å²) in [5, 5.41) is 0. The Kier molecular flexibility index (Phi) is 7.24. The second kappa shape index (κ2) is 8.43. The molecule has 0 saturated carbocycles. The first kappa shape index (κ1) is 18.0. The van der Waals surface area contributed by atoms with Gasteiger partial charge >= 0.3 is 0 Å². The molecule has 0 aliphatic heterocycles. The maximum Gasteiger partial charge on any atom is 0.179 e. The second-order valence-electron chi connectivity index (χ2n) is 4.86. The molecule has 0 spiro atoms. The molecule has 7 heteroatoms. The van der Waals surface area contributed by atoms with Gasteiger partial charge < -0.3 is 15.4 Å². The van der Waals surface area contributed by atoms with Gasteiger partial charge in [-0.1, -0.05) is 24.4 Å². The minimum absolute atomic E-state index is 0.0667. The Morgan fingerprint density at radius 1 is 1.38 bits per heavy atom. The normalized spacial score (nSPS) is 11.8. The topological polar surface area (TPSA) is 72.6 Å². The van der Waals surface area contributed by atoms with Gasteiger partial charge in [-0.15, -0.1) is 0 Å². The minimum Gasteiger partial charge on any atom is -0.389 e. The quantitative estimate of drug-likeness (QED) is 0.539. The Hall–Kier alpha value is -1.02. The Balaban J connectivity index is 2.65. The highest BCUT2D eigenvalue weighted by Gasteiger charge is 2.16. The van der Waals surface area contributed by atoms with Crippen LogP contribution in [0.2, 0.25) is 0 Å². The Morgan fingerprint density at radius 3 is 2.71 bits per heavy atom. The number of hydrogen-bond donors (Lipinski definition) is 1. The Bertz CT molecular complexity index is 573. The standard InChI is InChI=1S/C14H22N2O3S2/c1-16(7-4-9-19-2)8-10-21(17,18)13-6-3-5-12(11-13)14(15)20/h3,5-6,11H,4,7-10H2,1-2H3,(H2,15,20). The summed E-state index contributed by atoms with van der Waals surface area (Å²) in [6, 6.07) is 6.46. The van der Waals surface area contributed by atoms with Gasteiger partial charge in [0.05, 0.1) is 10.6 Å². The van der Waals surface area contributed by atoms with Gasteiger partial charge in [-0.25, -0.2) is 8.42 Å². The summed E-state index contributed by atoms with van der Waals surface area (Å²) in [4.78, 5) is 2.44. The average Bonchev–Trinajstić information content (AvgIpc) is 2.45. The van der Waals surface area contributed by atoms with Crippen LogP contribution in [0.1, 0.15) is 12.0 Å². The molecule has 0 fully saturated rings. The molecule has 1 aromatic carbocycles. The number of methoxy groups -OCH3 is 1. The van der Waals surface area contributed by atoms with Crippen molar-refractivity contribution in [1.29, 1.82) is 0 Å². The molecule has 0 aromatic heterocycles. The zero-order chi connectivity index (χ0) is 15.9. The third-order valence-corrected chi connectivity index (χ3v) is 5.04. The van der Waals surface area contributed by atoms with E-state index in [1.807, 2.05) is 11.9 Å². The van der Waals surface area contributed by atoms with Crippen LogP contribution < -0.4 is 5.73 Å². The predicted octanol–water partition coefficient (Wildman–Crippen LogP) is 1.06. The van der Waals surface area contributed by atoms with E-state index in [0.717, 1.165) is 13.0 Å². The lowest BCUT2D eigenvalue weighted by Crippen LogP contribution is -2.27. The van der Waals surface area contributed by atoms with Crippen LogP contribution in [-0.2, 0) is 14.6 Å². The summed E-state index contributed by atoms with van der Waals surface area (Å²) < 4.78 is 29.6. The number of hydrogen-bond acceptors (Lipinski definition) is 5. The van der Waals surface area contributed by atoms with E-state index >= 15 is 0 Å². The molecule has 0 bridgehead atoms. The molecule has 0 aliphatic rings. The monoisotopic (exact) mass is 330 g/mol. The van der Waals surface area contributed by atoms with Crippen LogP contribution in [0.5, 0.6) is 0 Å². The van der Waals surface area contributed by atoms with E-state index in [4.69, 9.17) is 22.7 Å². The molecular formula is C14H22N2O3S2. The summed E-state index contributed by atoms with van der Waals surface area (Å²) in [7, 11) is 0.221. The Labute approximate surface area is 132 Å².